The number of hydrogen-bond donors (Lipinski definition) is 1. The van der Waals surface area contributed by atoms with Gasteiger partial charge in [-0.1, -0.05) is 19.9 Å². The van der Waals surface area contributed by atoms with Crippen LogP contribution in [0.3, 0.4) is 0 Å². The van der Waals surface area contributed by atoms with Crippen molar-refractivity contribution in [1.82, 2.24) is 0 Å². The first-order valence-electron chi connectivity index (χ1n) is 7.84. The molecule has 1 atom stereocenters. The molecule has 1 aliphatic rings. The van der Waals surface area contributed by atoms with Gasteiger partial charge in [0.2, 0.25) is 5.91 Å². The summed E-state index contributed by atoms with van der Waals surface area (Å²) in [5.74, 6) is -0.278. The summed E-state index contributed by atoms with van der Waals surface area (Å²) in [6.45, 7) is 3.75. The van der Waals surface area contributed by atoms with E-state index in [1.54, 1.807) is 6.92 Å². The first-order valence-corrected chi connectivity index (χ1v) is 8.72. The van der Waals surface area contributed by atoms with Crippen molar-refractivity contribution in [3.63, 3.8) is 0 Å². The van der Waals surface area contributed by atoms with Crippen LogP contribution in [0, 0.1) is 0 Å². The highest BCUT2D eigenvalue weighted by molar-refractivity contribution is 8.00. The van der Waals surface area contributed by atoms with E-state index in [1.807, 2.05) is 6.92 Å². The second-order valence-corrected chi connectivity index (χ2v) is 7.24. The van der Waals surface area contributed by atoms with Crippen LogP contribution >= 0.6 is 11.8 Å². The van der Waals surface area contributed by atoms with Crippen molar-refractivity contribution in [3.05, 3.63) is 23.8 Å². The standard InChI is InChI=1S/C16H17F6NO2S/c1-3-10-8-23(13(24)4-2)11-6-5-9(7-12(11)26-10)14(25,15(17,18)19)16(20,21)22/h5-7,10,25H,3-4,8H2,1-2H3. The molecule has 0 bridgehead atoms. The number of halogens is 6. The van der Waals surface area contributed by atoms with Gasteiger partial charge in [0.25, 0.3) is 5.60 Å². The molecule has 0 saturated heterocycles. The van der Waals surface area contributed by atoms with Crippen LogP contribution in [0.2, 0.25) is 0 Å². The normalized spacial score (nSPS) is 18.7. The van der Waals surface area contributed by atoms with Crippen LogP contribution in [-0.4, -0.2) is 35.2 Å². The lowest BCUT2D eigenvalue weighted by Crippen LogP contribution is -2.54. The number of nitrogens with zero attached hydrogens (tertiary/aromatic N) is 1. The van der Waals surface area contributed by atoms with Crippen molar-refractivity contribution in [2.45, 2.75) is 54.8 Å². The number of fused-ring (bicyclic) bond motifs is 1. The van der Waals surface area contributed by atoms with Crippen molar-refractivity contribution in [3.8, 4) is 0 Å². The zero-order chi connectivity index (χ0) is 19.9. The summed E-state index contributed by atoms with van der Waals surface area (Å²) < 4.78 is 78.5. The van der Waals surface area contributed by atoms with Gasteiger partial charge in [-0.15, -0.1) is 11.8 Å². The molecule has 10 heteroatoms. The number of alkyl halides is 6. The average Bonchev–Trinajstić information content (AvgIpc) is 2.56. The molecule has 1 N–H and O–H groups in total. The number of hydrogen-bond acceptors (Lipinski definition) is 3. The van der Waals surface area contributed by atoms with Gasteiger partial charge in [-0.05, 0) is 18.6 Å². The van der Waals surface area contributed by atoms with Gasteiger partial charge in [0.15, 0.2) is 0 Å². The van der Waals surface area contributed by atoms with E-state index in [4.69, 9.17) is 0 Å². The third-order valence-corrected chi connectivity index (χ3v) is 5.62. The molecular weight excluding hydrogens is 384 g/mol. The van der Waals surface area contributed by atoms with Gasteiger partial charge in [-0.2, -0.15) is 26.3 Å². The number of anilines is 1. The fourth-order valence-electron chi connectivity index (χ4n) is 2.70. The highest BCUT2D eigenvalue weighted by atomic mass is 32.2. The molecule has 2 rings (SSSR count). The van der Waals surface area contributed by atoms with E-state index in [1.165, 1.54) is 4.90 Å². The highest BCUT2D eigenvalue weighted by Gasteiger charge is 2.71. The molecule has 3 nitrogen and oxygen atoms in total. The summed E-state index contributed by atoms with van der Waals surface area (Å²) in [4.78, 5) is 13.6. The smallest absolute Gasteiger partial charge is 0.369 e. The van der Waals surface area contributed by atoms with Crippen LogP contribution in [0.25, 0.3) is 0 Å². The van der Waals surface area contributed by atoms with E-state index in [2.05, 4.69) is 0 Å². The van der Waals surface area contributed by atoms with E-state index < -0.39 is 23.5 Å². The Hall–Kier alpha value is -1.42. The van der Waals surface area contributed by atoms with Crippen LogP contribution in [-0.2, 0) is 10.4 Å². The Morgan fingerprint density at radius 3 is 2.23 bits per heavy atom. The summed E-state index contributed by atoms with van der Waals surface area (Å²) in [5.41, 5.74) is -6.04. The molecule has 26 heavy (non-hydrogen) atoms. The third kappa shape index (κ3) is 3.40. The van der Waals surface area contributed by atoms with E-state index in [9.17, 15) is 36.2 Å². The largest absolute Gasteiger partial charge is 0.430 e. The minimum absolute atomic E-state index is 0.106. The summed E-state index contributed by atoms with van der Waals surface area (Å²) >= 11 is 1.10. The molecule has 1 unspecified atom stereocenters. The Morgan fingerprint density at radius 2 is 1.77 bits per heavy atom. The maximum Gasteiger partial charge on any atom is 0.430 e. The number of carbonyl (C=O) groups is 1. The molecule has 0 spiro atoms. The van der Waals surface area contributed by atoms with Crippen LogP contribution in [0.1, 0.15) is 32.3 Å². The minimum Gasteiger partial charge on any atom is -0.369 e. The molecular formula is C16H17F6NO2S. The topological polar surface area (TPSA) is 40.5 Å². The lowest BCUT2D eigenvalue weighted by Gasteiger charge is -2.36. The van der Waals surface area contributed by atoms with Gasteiger partial charge in [0.05, 0.1) is 5.69 Å². The van der Waals surface area contributed by atoms with E-state index in [0.717, 1.165) is 17.8 Å². The first-order chi connectivity index (χ1) is 11.9. The van der Waals surface area contributed by atoms with Crippen molar-refractivity contribution < 1.29 is 36.2 Å². The maximum absolute atomic E-state index is 13.1. The van der Waals surface area contributed by atoms with Crippen molar-refractivity contribution >= 4 is 23.4 Å². The van der Waals surface area contributed by atoms with Crippen LogP contribution in [0.15, 0.2) is 23.1 Å². The van der Waals surface area contributed by atoms with Crippen molar-refractivity contribution in [1.29, 1.82) is 0 Å². The summed E-state index contributed by atoms with van der Waals surface area (Å²) in [7, 11) is 0. The quantitative estimate of drug-likeness (QED) is 0.751. The Bertz CT molecular complexity index is 674. The number of amides is 1. The number of aliphatic hydroxyl groups is 1. The van der Waals surface area contributed by atoms with Crippen LogP contribution < -0.4 is 4.90 Å². The fraction of sp³-hybridized carbons (Fsp3) is 0.562. The summed E-state index contributed by atoms with van der Waals surface area (Å²) in [6.07, 6.45) is -11.2. The van der Waals surface area contributed by atoms with E-state index in [0.29, 0.717) is 25.1 Å². The van der Waals surface area contributed by atoms with Gasteiger partial charge < -0.3 is 10.0 Å². The lowest BCUT2D eigenvalue weighted by molar-refractivity contribution is -0.376. The summed E-state index contributed by atoms with van der Waals surface area (Å²) in [6, 6.07) is 2.28. The molecule has 0 aromatic heterocycles. The molecule has 0 radical (unpaired) electrons. The fourth-order valence-corrected chi connectivity index (χ4v) is 3.95. The predicted molar refractivity (Wildman–Crippen MR) is 85.0 cm³/mol. The van der Waals surface area contributed by atoms with Gasteiger partial charge in [-0.25, -0.2) is 0 Å². The molecule has 0 saturated carbocycles. The molecule has 0 aliphatic carbocycles. The molecule has 1 aromatic carbocycles. The monoisotopic (exact) mass is 401 g/mol. The molecule has 0 fully saturated rings. The highest BCUT2D eigenvalue weighted by Crippen LogP contribution is 2.52. The van der Waals surface area contributed by atoms with Gasteiger partial charge in [-0.3, -0.25) is 4.79 Å². The number of rotatable bonds is 3. The van der Waals surface area contributed by atoms with Gasteiger partial charge >= 0.3 is 12.4 Å². The van der Waals surface area contributed by atoms with Crippen LogP contribution in [0.5, 0.6) is 0 Å². The van der Waals surface area contributed by atoms with E-state index in [-0.39, 0.29) is 28.2 Å². The van der Waals surface area contributed by atoms with Crippen molar-refractivity contribution in [2.75, 3.05) is 11.4 Å². The Balaban J connectivity index is 2.61. The second-order valence-electron chi connectivity index (χ2n) is 5.89. The minimum atomic E-state index is -5.94. The molecule has 1 amide bonds. The maximum atomic E-state index is 13.1. The first kappa shape index (κ1) is 20.9. The zero-order valence-electron chi connectivity index (χ0n) is 13.9. The van der Waals surface area contributed by atoms with Gasteiger partial charge in [0, 0.05) is 28.7 Å². The lowest BCUT2D eigenvalue weighted by atomic mass is 9.92. The second kappa shape index (κ2) is 6.95. The average molecular weight is 401 g/mol. The third-order valence-electron chi connectivity index (χ3n) is 4.23. The predicted octanol–water partition coefficient (Wildman–Crippen LogP) is 4.63. The van der Waals surface area contributed by atoms with Crippen molar-refractivity contribution in [2.24, 2.45) is 0 Å². The molecule has 146 valence electrons. The Kier molecular flexibility index (Phi) is 5.59. The molecule has 1 heterocycles. The molecule has 1 aliphatic heterocycles. The number of benzene rings is 1. The SMILES string of the molecule is CCC(=O)N1CC(CC)Sc2cc(C(O)(C(F)(F)F)C(F)(F)F)ccc21. The van der Waals surface area contributed by atoms with E-state index >= 15 is 0 Å². The Labute approximate surface area is 150 Å². The van der Waals surface area contributed by atoms with Crippen LogP contribution in [0.4, 0.5) is 32.0 Å². The Morgan fingerprint density at radius 1 is 1.19 bits per heavy atom. The zero-order valence-corrected chi connectivity index (χ0v) is 14.7. The summed E-state index contributed by atoms with van der Waals surface area (Å²) in [5, 5.41) is 9.39. The van der Waals surface area contributed by atoms with Gasteiger partial charge in [0.1, 0.15) is 0 Å². The molecule has 1 aromatic rings. The number of carbonyl (C=O) groups excluding carboxylic acids is 1. The number of thioether (sulfide) groups is 1.